The van der Waals surface area contributed by atoms with Crippen molar-refractivity contribution in [2.24, 2.45) is 5.10 Å². The van der Waals surface area contributed by atoms with Crippen molar-refractivity contribution < 1.29 is 18.9 Å². The van der Waals surface area contributed by atoms with E-state index in [0.29, 0.717) is 39.2 Å². The molecule has 3 aromatic rings. The van der Waals surface area contributed by atoms with Crippen LogP contribution in [-0.2, 0) is 0 Å². The second-order valence-electron chi connectivity index (χ2n) is 5.55. The Bertz CT molecular complexity index is 1030. The first-order valence-corrected chi connectivity index (χ1v) is 8.69. The van der Waals surface area contributed by atoms with Gasteiger partial charge in [0.05, 0.1) is 45.8 Å². The van der Waals surface area contributed by atoms with Crippen LogP contribution in [0.3, 0.4) is 0 Å². The van der Waals surface area contributed by atoms with Gasteiger partial charge in [-0.1, -0.05) is 12.1 Å². The van der Waals surface area contributed by atoms with E-state index in [-0.39, 0.29) is 0 Å². The quantitative estimate of drug-likeness (QED) is 0.483. The highest BCUT2D eigenvalue weighted by Crippen LogP contribution is 2.33. The third-order valence-corrected chi connectivity index (χ3v) is 4.32. The van der Waals surface area contributed by atoms with E-state index in [1.54, 1.807) is 46.8 Å². The summed E-state index contributed by atoms with van der Waals surface area (Å²) in [6, 6.07) is 11.0. The highest BCUT2D eigenvalue weighted by Gasteiger charge is 2.15. The molecular formula is C19H20N4O4S. The van der Waals surface area contributed by atoms with Gasteiger partial charge in [-0.05, 0) is 24.4 Å². The topological polar surface area (TPSA) is 82.9 Å². The molecule has 0 atom stereocenters. The molecule has 1 heterocycles. The van der Waals surface area contributed by atoms with Crippen LogP contribution in [0.1, 0.15) is 5.56 Å². The van der Waals surface area contributed by atoms with E-state index in [4.69, 9.17) is 31.2 Å². The molecule has 8 nitrogen and oxygen atoms in total. The Balaban J connectivity index is 2.10. The number of para-hydroxylation sites is 1. The second-order valence-corrected chi connectivity index (χ2v) is 5.94. The Hall–Kier alpha value is -3.33. The molecule has 0 aliphatic rings. The monoisotopic (exact) mass is 400 g/mol. The van der Waals surface area contributed by atoms with Gasteiger partial charge in [-0.2, -0.15) is 14.9 Å². The molecule has 0 spiro atoms. The Labute approximate surface area is 167 Å². The lowest BCUT2D eigenvalue weighted by atomic mass is 10.2. The zero-order valence-electron chi connectivity index (χ0n) is 15.9. The molecule has 0 fully saturated rings. The number of H-pyrrole nitrogens is 1. The van der Waals surface area contributed by atoms with Crippen molar-refractivity contribution in [1.82, 2.24) is 14.9 Å². The minimum Gasteiger partial charge on any atom is -0.496 e. The number of methoxy groups -OCH3 is 4. The summed E-state index contributed by atoms with van der Waals surface area (Å²) in [6.45, 7) is 0. The maximum absolute atomic E-state index is 5.45. The van der Waals surface area contributed by atoms with Crippen molar-refractivity contribution in [1.29, 1.82) is 0 Å². The molecule has 28 heavy (non-hydrogen) atoms. The summed E-state index contributed by atoms with van der Waals surface area (Å²) in [5.41, 5.74) is 1.39. The number of benzene rings is 2. The van der Waals surface area contributed by atoms with Gasteiger partial charge in [0.25, 0.3) is 0 Å². The summed E-state index contributed by atoms with van der Waals surface area (Å²) < 4.78 is 23.4. The van der Waals surface area contributed by atoms with Gasteiger partial charge in [0, 0.05) is 12.1 Å². The maximum Gasteiger partial charge on any atom is 0.216 e. The van der Waals surface area contributed by atoms with Crippen molar-refractivity contribution in [3.05, 3.63) is 46.7 Å². The summed E-state index contributed by atoms with van der Waals surface area (Å²) >= 11 is 5.34. The predicted molar refractivity (Wildman–Crippen MR) is 108 cm³/mol. The minimum absolute atomic E-state index is 0.337. The molecule has 0 bridgehead atoms. The van der Waals surface area contributed by atoms with Crippen LogP contribution in [0.25, 0.3) is 11.4 Å². The fourth-order valence-corrected chi connectivity index (χ4v) is 2.86. The van der Waals surface area contributed by atoms with Gasteiger partial charge in [-0.15, -0.1) is 0 Å². The maximum atomic E-state index is 5.45. The first-order chi connectivity index (χ1) is 13.6. The number of hydrogen-bond acceptors (Lipinski definition) is 7. The Kier molecular flexibility index (Phi) is 5.95. The van der Waals surface area contributed by atoms with E-state index in [0.717, 1.165) is 5.56 Å². The third kappa shape index (κ3) is 3.70. The van der Waals surface area contributed by atoms with Gasteiger partial charge in [-0.25, -0.2) is 5.10 Å². The highest BCUT2D eigenvalue weighted by atomic mass is 32.1. The number of aromatic nitrogens is 3. The summed E-state index contributed by atoms with van der Waals surface area (Å²) in [4.78, 5) is 0. The lowest BCUT2D eigenvalue weighted by Crippen LogP contribution is -2.00. The Morgan fingerprint density at radius 3 is 2.21 bits per heavy atom. The second kappa shape index (κ2) is 8.57. The molecular weight excluding hydrogens is 380 g/mol. The van der Waals surface area contributed by atoms with E-state index in [1.807, 2.05) is 24.3 Å². The molecule has 3 rings (SSSR count). The lowest BCUT2D eigenvalue weighted by molar-refractivity contribution is 0.374. The first-order valence-electron chi connectivity index (χ1n) is 8.28. The molecule has 146 valence electrons. The van der Waals surface area contributed by atoms with E-state index in [2.05, 4.69) is 15.3 Å². The van der Waals surface area contributed by atoms with Gasteiger partial charge in [0.15, 0.2) is 5.82 Å². The summed E-state index contributed by atoms with van der Waals surface area (Å²) in [7, 11) is 6.30. The number of hydrogen-bond donors (Lipinski definition) is 1. The van der Waals surface area contributed by atoms with Crippen LogP contribution in [-0.4, -0.2) is 49.5 Å². The fourth-order valence-electron chi connectivity index (χ4n) is 2.68. The molecule has 1 aromatic heterocycles. The standard InChI is InChI=1S/C19H20N4O4S/c1-24-12-9-16(26-3)14(17(10-12)27-4)11-20-23-18(21-22-19(23)28)13-7-5-6-8-15(13)25-2/h5-11H,1-4H3,(H,22,28)/b20-11-. The Morgan fingerprint density at radius 2 is 1.61 bits per heavy atom. The van der Waals surface area contributed by atoms with Crippen molar-refractivity contribution in [3.63, 3.8) is 0 Å². The van der Waals surface area contributed by atoms with Crippen molar-refractivity contribution in [3.8, 4) is 34.4 Å². The van der Waals surface area contributed by atoms with Crippen LogP contribution in [0.15, 0.2) is 41.5 Å². The molecule has 0 saturated carbocycles. The van der Waals surface area contributed by atoms with Crippen LogP contribution in [0, 0.1) is 4.77 Å². The SMILES string of the molecule is COc1cc(OC)c(/C=N\n2c(-c3ccccc3OC)n[nH]c2=S)c(OC)c1. The minimum atomic E-state index is 0.337. The number of rotatable bonds is 7. The molecule has 0 aliphatic heterocycles. The van der Waals surface area contributed by atoms with Gasteiger partial charge in [-0.3, -0.25) is 0 Å². The lowest BCUT2D eigenvalue weighted by Gasteiger charge is -2.12. The molecule has 0 radical (unpaired) electrons. The van der Waals surface area contributed by atoms with E-state index >= 15 is 0 Å². The van der Waals surface area contributed by atoms with E-state index in [1.165, 1.54) is 4.68 Å². The van der Waals surface area contributed by atoms with Crippen LogP contribution in [0.4, 0.5) is 0 Å². The molecule has 0 saturated heterocycles. The van der Waals surface area contributed by atoms with Gasteiger partial charge in [0.2, 0.25) is 4.77 Å². The molecule has 0 amide bonds. The number of ether oxygens (including phenoxy) is 4. The molecule has 0 aliphatic carbocycles. The third-order valence-electron chi connectivity index (χ3n) is 4.05. The predicted octanol–water partition coefficient (Wildman–Crippen LogP) is 3.52. The molecule has 2 aromatic carbocycles. The summed E-state index contributed by atoms with van der Waals surface area (Å²) in [6.07, 6.45) is 1.60. The highest BCUT2D eigenvalue weighted by molar-refractivity contribution is 7.71. The van der Waals surface area contributed by atoms with Crippen LogP contribution in [0.5, 0.6) is 23.0 Å². The van der Waals surface area contributed by atoms with Crippen molar-refractivity contribution in [2.45, 2.75) is 0 Å². The molecule has 1 N–H and O–H groups in total. The summed E-state index contributed by atoms with van der Waals surface area (Å²) in [5.74, 6) is 2.89. The van der Waals surface area contributed by atoms with Crippen molar-refractivity contribution in [2.75, 3.05) is 28.4 Å². The van der Waals surface area contributed by atoms with Gasteiger partial charge >= 0.3 is 0 Å². The molecule has 0 unspecified atom stereocenters. The van der Waals surface area contributed by atoms with Crippen LogP contribution < -0.4 is 18.9 Å². The average molecular weight is 400 g/mol. The smallest absolute Gasteiger partial charge is 0.216 e. The molecule has 9 heteroatoms. The first kappa shape index (κ1) is 19.4. The summed E-state index contributed by atoms with van der Waals surface area (Å²) in [5, 5.41) is 11.5. The average Bonchev–Trinajstić information content (AvgIpc) is 3.11. The zero-order chi connectivity index (χ0) is 20.1. The van der Waals surface area contributed by atoms with E-state index in [9.17, 15) is 0 Å². The number of nitrogens with one attached hydrogen (secondary N) is 1. The largest absolute Gasteiger partial charge is 0.496 e. The Morgan fingerprint density at radius 1 is 0.964 bits per heavy atom. The van der Waals surface area contributed by atoms with Crippen LogP contribution in [0.2, 0.25) is 0 Å². The number of nitrogens with zero attached hydrogens (tertiary/aromatic N) is 3. The zero-order valence-corrected chi connectivity index (χ0v) is 16.7. The normalized spacial score (nSPS) is 10.9. The van der Waals surface area contributed by atoms with E-state index < -0.39 is 0 Å². The fraction of sp³-hybridized carbons (Fsp3) is 0.211. The van der Waals surface area contributed by atoms with Crippen LogP contribution >= 0.6 is 12.2 Å². The van der Waals surface area contributed by atoms with Crippen molar-refractivity contribution >= 4 is 18.4 Å². The number of aromatic amines is 1. The van der Waals surface area contributed by atoms with Gasteiger partial charge in [0.1, 0.15) is 23.0 Å². The van der Waals surface area contributed by atoms with Gasteiger partial charge < -0.3 is 18.9 Å².